The minimum Gasteiger partial charge on any atom is -0.467 e. The number of ether oxygens (including phenoxy) is 2. The van der Waals surface area contributed by atoms with Crippen LogP contribution in [0.1, 0.15) is 31.9 Å². The number of halogens is 1. The predicted octanol–water partition coefficient (Wildman–Crippen LogP) is 2.47. The van der Waals surface area contributed by atoms with Gasteiger partial charge in [-0.15, -0.1) is 24.0 Å². The number of hydrogen-bond donors (Lipinski definition) is 2. The van der Waals surface area contributed by atoms with Gasteiger partial charge in [-0.2, -0.15) is 0 Å². The van der Waals surface area contributed by atoms with Gasteiger partial charge in [-0.3, -0.25) is 9.89 Å². The van der Waals surface area contributed by atoms with Crippen molar-refractivity contribution in [2.45, 2.75) is 38.8 Å². The number of aliphatic imine (C=N–C) groups is 1. The fourth-order valence-corrected chi connectivity index (χ4v) is 2.71. The second kappa shape index (κ2) is 15.1. The molecule has 1 aliphatic carbocycles. The molecule has 0 aliphatic heterocycles. The average Bonchev–Trinajstić information content (AvgIpc) is 3.36. The lowest BCUT2D eigenvalue weighted by Crippen LogP contribution is -2.42. The van der Waals surface area contributed by atoms with Crippen molar-refractivity contribution >= 4 is 29.9 Å². The van der Waals surface area contributed by atoms with Crippen molar-refractivity contribution in [3.8, 4) is 0 Å². The third-order valence-electron chi connectivity index (χ3n) is 4.22. The summed E-state index contributed by atoms with van der Waals surface area (Å²) in [6, 6.07) is 4.54. The molecule has 2 N–H and O–H groups in total. The Morgan fingerprint density at radius 3 is 2.81 bits per heavy atom. The molecule has 0 spiro atoms. The van der Waals surface area contributed by atoms with E-state index in [0.717, 1.165) is 63.5 Å². The standard InChI is InChI=1S/C19H34N4O3.HI/c1-3-20-19(21-9-5-13-25-16-18-6-4-14-26-18)22-10-11-23(12-15-24-2)17-7-8-17;/h4,6,14,17H,3,5,7-13,15-16H2,1-2H3,(H2,20,21,22);1H. The van der Waals surface area contributed by atoms with Crippen LogP contribution in [0.15, 0.2) is 27.8 Å². The summed E-state index contributed by atoms with van der Waals surface area (Å²) >= 11 is 0. The van der Waals surface area contributed by atoms with E-state index in [1.807, 2.05) is 12.1 Å². The zero-order valence-electron chi connectivity index (χ0n) is 16.6. The summed E-state index contributed by atoms with van der Waals surface area (Å²) in [5.41, 5.74) is 0. The first-order valence-electron chi connectivity index (χ1n) is 9.68. The van der Waals surface area contributed by atoms with Crippen LogP contribution in [0.4, 0.5) is 0 Å². The maximum absolute atomic E-state index is 5.58. The zero-order chi connectivity index (χ0) is 18.5. The van der Waals surface area contributed by atoms with Crippen LogP contribution in [0.3, 0.4) is 0 Å². The van der Waals surface area contributed by atoms with E-state index in [9.17, 15) is 0 Å². The van der Waals surface area contributed by atoms with Gasteiger partial charge in [0.25, 0.3) is 0 Å². The highest BCUT2D eigenvalue weighted by Gasteiger charge is 2.28. The largest absolute Gasteiger partial charge is 0.467 e. The quantitative estimate of drug-likeness (QED) is 0.179. The Morgan fingerprint density at radius 1 is 1.30 bits per heavy atom. The summed E-state index contributed by atoms with van der Waals surface area (Å²) in [5, 5.41) is 6.72. The molecule has 2 rings (SSSR count). The Bertz CT molecular complexity index is 495. The second-order valence-electron chi connectivity index (χ2n) is 6.43. The summed E-state index contributed by atoms with van der Waals surface area (Å²) in [4.78, 5) is 7.12. The third-order valence-corrected chi connectivity index (χ3v) is 4.22. The van der Waals surface area contributed by atoms with Crippen molar-refractivity contribution in [1.82, 2.24) is 15.5 Å². The molecule has 8 heteroatoms. The van der Waals surface area contributed by atoms with Crippen molar-refractivity contribution in [2.75, 3.05) is 53.0 Å². The molecule has 1 heterocycles. The Hall–Kier alpha value is -0.840. The van der Waals surface area contributed by atoms with Crippen LogP contribution >= 0.6 is 24.0 Å². The maximum atomic E-state index is 5.58. The van der Waals surface area contributed by atoms with E-state index in [-0.39, 0.29) is 24.0 Å². The highest BCUT2D eigenvalue weighted by atomic mass is 127. The Morgan fingerprint density at radius 2 is 2.15 bits per heavy atom. The normalized spacial score (nSPS) is 14.3. The molecule has 0 bridgehead atoms. The van der Waals surface area contributed by atoms with Crippen molar-refractivity contribution < 1.29 is 13.9 Å². The molecule has 1 saturated carbocycles. The van der Waals surface area contributed by atoms with Gasteiger partial charge in [0, 0.05) is 52.5 Å². The number of guanidine groups is 1. The summed E-state index contributed by atoms with van der Waals surface area (Å²) in [6.07, 6.45) is 5.18. The van der Waals surface area contributed by atoms with Crippen molar-refractivity contribution in [3.63, 3.8) is 0 Å². The molecular weight excluding hydrogens is 459 g/mol. The fourth-order valence-electron chi connectivity index (χ4n) is 2.71. The smallest absolute Gasteiger partial charge is 0.191 e. The number of hydrogen-bond acceptors (Lipinski definition) is 5. The molecule has 1 aromatic heterocycles. The first-order valence-corrected chi connectivity index (χ1v) is 9.68. The van der Waals surface area contributed by atoms with E-state index in [1.54, 1.807) is 13.4 Å². The Kier molecular flexibility index (Phi) is 13.6. The summed E-state index contributed by atoms with van der Waals surface area (Å²) in [5.74, 6) is 1.73. The van der Waals surface area contributed by atoms with E-state index < -0.39 is 0 Å². The van der Waals surface area contributed by atoms with Crippen LogP contribution in [0, 0.1) is 0 Å². The van der Waals surface area contributed by atoms with Crippen LogP contribution in [0.2, 0.25) is 0 Å². The fraction of sp³-hybridized carbons (Fsp3) is 0.737. The summed E-state index contributed by atoms with van der Waals surface area (Å²) < 4.78 is 16.0. The number of rotatable bonds is 14. The molecule has 27 heavy (non-hydrogen) atoms. The van der Waals surface area contributed by atoms with Gasteiger partial charge in [-0.1, -0.05) is 0 Å². The molecule has 156 valence electrons. The highest BCUT2D eigenvalue weighted by molar-refractivity contribution is 14.0. The van der Waals surface area contributed by atoms with Crippen LogP contribution < -0.4 is 10.6 Å². The van der Waals surface area contributed by atoms with Gasteiger partial charge in [-0.25, -0.2) is 0 Å². The van der Waals surface area contributed by atoms with Crippen molar-refractivity contribution in [1.29, 1.82) is 0 Å². The molecule has 1 aromatic rings. The first-order chi connectivity index (χ1) is 12.8. The van der Waals surface area contributed by atoms with Crippen LogP contribution in [0.5, 0.6) is 0 Å². The van der Waals surface area contributed by atoms with E-state index in [0.29, 0.717) is 13.2 Å². The van der Waals surface area contributed by atoms with Crippen molar-refractivity contribution in [2.24, 2.45) is 4.99 Å². The molecular formula is C19H35IN4O3. The van der Waals surface area contributed by atoms with Crippen LogP contribution in [-0.2, 0) is 16.1 Å². The number of nitrogens with zero attached hydrogens (tertiary/aromatic N) is 2. The molecule has 1 aliphatic rings. The lowest BCUT2D eigenvalue weighted by atomic mass is 10.4. The van der Waals surface area contributed by atoms with Gasteiger partial charge in [0.05, 0.1) is 12.9 Å². The summed E-state index contributed by atoms with van der Waals surface area (Å²) in [7, 11) is 1.76. The number of nitrogens with one attached hydrogen (secondary N) is 2. The second-order valence-corrected chi connectivity index (χ2v) is 6.43. The van der Waals surface area contributed by atoms with Gasteiger partial charge in [0.15, 0.2) is 5.96 Å². The van der Waals surface area contributed by atoms with Crippen LogP contribution in [0.25, 0.3) is 0 Å². The molecule has 7 nitrogen and oxygen atoms in total. The molecule has 0 saturated heterocycles. The zero-order valence-corrected chi connectivity index (χ0v) is 18.9. The van der Waals surface area contributed by atoms with Gasteiger partial charge in [0.1, 0.15) is 12.4 Å². The number of methoxy groups -OCH3 is 1. The molecule has 0 unspecified atom stereocenters. The van der Waals surface area contributed by atoms with Gasteiger partial charge < -0.3 is 24.5 Å². The SMILES string of the molecule is CCNC(=NCCCOCc1ccco1)NCCN(CCOC)C1CC1.I. The maximum Gasteiger partial charge on any atom is 0.191 e. The van der Waals surface area contributed by atoms with Gasteiger partial charge in [0.2, 0.25) is 0 Å². The van der Waals surface area contributed by atoms with E-state index in [4.69, 9.17) is 13.9 Å². The lowest BCUT2D eigenvalue weighted by Gasteiger charge is -2.22. The average molecular weight is 494 g/mol. The monoisotopic (exact) mass is 494 g/mol. The Labute approximate surface area is 180 Å². The minimum absolute atomic E-state index is 0. The summed E-state index contributed by atoms with van der Waals surface area (Å²) in [6.45, 7) is 8.58. The highest BCUT2D eigenvalue weighted by Crippen LogP contribution is 2.25. The number of furan rings is 1. The molecule has 0 aromatic carbocycles. The minimum atomic E-state index is 0. The molecule has 0 radical (unpaired) electrons. The first kappa shape index (κ1) is 24.2. The van der Waals surface area contributed by atoms with Crippen molar-refractivity contribution in [3.05, 3.63) is 24.2 Å². The van der Waals surface area contributed by atoms with E-state index >= 15 is 0 Å². The molecule has 1 fully saturated rings. The lowest BCUT2D eigenvalue weighted by molar-refractivity contribution is 0.105. The third kappa shape index (κ3) is 10.9. The van der Waals surface area contributed by atoms with Gasteiger partial charge in [-0.05, 0) is 38.3 Å². The molecule has 0 atom stereocenters. The van der Waals surface area contributed by atoms with E-state index in [1.165, 1.54) is 12.8 Å². The topological polar surface area (TPSA) is 71.3 Å². The van der Waals surface area contributed by atoms with E-state index in [2.05, 4.69) is 27.4 Å². The van der Waals surface area contributed by atoms with Gasteiger partial charge >= 0.3 is 0 Å². The Balaban J connectivity index is 0.00000364. The predicted molar refractivity (Wildman–Crippen MR) is 119 cm³/mol. The van der Waals surface area contributed by atoms with Crippen LogP contribution in [-0.4, -0.2) is 69.9 Å². The molecule has 0 amide bonds.